The number of unbranched alkanes of at least 4 members (excludes halogenated alkanes) is 1. The fourth-order valence-corrected chi connectivity index (χ4v) is 1.96. The summed E-state index contributed by atoms with van der Waals surface area (Å²) in [5.74, 6) is 0.953. The third kappa shape index (κ3) is 4.92. The Bertz CT molecular complexity index is 331. The zero-order chi connectivity index (χ0) is 13.2. The van der Waals surface area contributed by atoms with Gasteiger partial charge in [0.15, 0.2) is 0 Å². The third-order valence-corrected chi connectivity index (χ3v) is 2.96. The van der Waals surface area contributed by atoms with Gasteiger partial charge in [-0.25, -0.2) is 0 Å². The van der Waals surface area contributed by atoms with Gasteiger partial charge in [0.2, 0.25) is 0 Å². The SMILES string of the molecule is C=CCCCOc1ccc(C(CC)NCC)cc1. The molecule has 0 bridgehead atoms. The van der Waals surface area contributed by atoms with Crippen LogP contribution >= 0.6 is 0 Å². The Labute approximate surface area is 111 Å². The summed E-state index contributed by atoms with van der Waals surface area (Å²) >= 11 is 0. The molecule has 0 radical (unpaired) electrons. The molecule has 0 spiro atoms. The molecule has 0 fully saturated rings. The van der Waals surface area contributed by atoms with E-state index >= 15 is 0 Å². The Morgan fingerprint density at radius 3 is 2.56 bits per heavy atom. The molecule has 0 heterocycles. The Kier molecular flexibility index (Phi) is 7.19. The predicted molar refractivity (Wildman–Crippen MR) is 78.1 cm³/mol. The van der Waals surface area contributed by atoms with Crippen molar-refractivity contribution in [3.05, 3.63) is 42.5 Å². The van der Waals surface area contributed by atoms with E-state index < -0.39 is 0 Å². The highest BCUT2D eigenvalue weighted by atomic mass is 16.5. The van der Waals surface area contributed by atoms with Crippen molar-refractivity contribution in [1.29, 1.82) is 0 Å². The van der Waals surface area contributed by atoms with Crippen LogP contribution in [0.3, 0.4) is 0 Å². The molecule has 1 aromatic rings. The number of hydrogen-bond acceptors (Lipinski definition) is 2. The molecule has 0 saturated heterocycles. The van der Waals surface area contributed by atoms with Crippen molar-refractivity contribution in [2.24, 2.45) is 0 Å². The summed E-state index contributed by atoms with van der Waals surface area (Å²) in [6, 6.07) is 8.87. The van der Waals surface area contributed by atoms with E-state index in [0.717, 1.165) is 38.2 Å². The molecule has 0 saturated carbocycles. The second-order valence-corrected chi connectivity index (χ2v) is 4.37. The van der Waals surface area contributed by atoms with E-state index in [-0.39, 0.29) is 0 Å². The molecule has 1 unspecified atom stereocenters. The topological polar surface area (TPSA) is 21.3 Å². The lowest BCUT2D eigenvalue weighted by Gasteiger charge is -2.16. The molecule has 0 aromatic heterocycles. The standard InChI is InChI=1S/C16H25NO/c1-4-7-8-13-18-15-11-9-14(10-12-15)16(5-2)17-6-3/h4,9-12,16-17H,1,5-8,13H2,2-3H3. The molecule has 100 valence electrons. The van der Waals surface area contributed by atoms with E-state index in [2.05, 4.69) is 50.0 Å². The maximum absolute atomic E-state index is 5.67. The van der Waals surface area contributed by atoms with Crippen LogP contribution in [0.1, 0.15) is 44.7 Å². The summed E-state index contributed by atoms with van der Waals surface area (Å²) in [4.78, 5) is 0. The van der Waals surface area contributed by atoms with Crippen molar-refractivity contribution in [2.75, 3.05) is 13.2 Å². The second kappa shape index (κ2) is 8.76. The number of ether oxygens (including phenoxy) is 1. The van der Waals surface area contributed by atoms with Gasteiger partial charge in [-0.05, 0) is 43.5 Å². The lowest BCUT2D eigenvalue weighted by atomic mass is 10.0. The molecule has 2 nitrogen and oxygen atoms in total. The molecule has 1 rings (SSSR count). The van der Waals surface area contributed by atoms with Gasteiger partial charge >= 0.3 is 0 Å². The normalized spacial score (nSPS) is 12.1. The zero-order valence-corrected chi connectivity index (χ0v) is 11.6. The van der Waals surface area contributed by atoms with Crippen molar-refractivity contribution in [3.8, 4) is 5.75 Å². The van der Waals surface area contributed by atoms with Gasteiger partial charge in [-0.2, -0.15) is 0 Å². The van der Waals surface area contributed by atoms with Gasteiger partial charge in [-0.1, -0.05) is 32.1 Å². The van der Waals surface area contributed by atoms with Crippen LogP contribution in [0.2, 0.25) is 0 Å². The van der Waals surface area contributed by atoms with E-state index in [4.69, 9.17) is 4.74 Å². The fraction of sp³-hybridized carbons (Fsp3) is 0.500. The van der Waals surface area contributed by atoms with Gasteiger partial charge in [-0.3, -0.25) is 0 Å². The summed E-state index contributed by atoms with van der Waals surface area (Å²) in [5.41, 5.74) is 1.33. The van der Waals surface area contributed by atoms with E-state index in [9.17, 15) is 0 Å². The second-order valence-electron chi connectivity index (χ2n) is 4.37. The monoisotopic (exact) mass is 247 g/mol. The molecule has 2 heteroatoms. The lowest BCUT2D eigenvalue weighted by Crippen LogP contribution is -2.19. The van der Waals surface area contributed by atoms with Gasteiger partial charge in [0, 0.05) is 6.04 Å². The third-order valence-electron chi connectivity index (χ3n) is 2.96. The van der Waals surface area contributed by atoms with Crippen LogP contribution < -0.4 is 10.1 Å². The molecule has 0 aliphatic carbocycles. The maximum Gasteiger partial charge on any atom is 0.119 e. The zero-order valence-electron chi connectivity index (χ0n) is 11.6. The molecule has 0 aliphatic heterocycles. The van der Waals surface area contributed by atoms with E-state index in [0.29, 0.717) is 6.04 Å². The Balaban J connectivity index is 2.48. The molecule has 0 amide bonds. The molecular weight excluding hydrogens is 222 g/mol. The first-order chi connectivity index (χ1) is 8.81. The molecule has 1 atom stereocenters. The number of hydrogen-bond donors (Lipinski definition) is 1. The first-order valence-electron chi connectivity index (χ1n) is 6.88. The highest BCUT2D eigenvalue weighted by molar-refractivity contribution is 5.29. The minimum atomic E-state index is 0.449. The van der Waals surface area contributed by atoms with Gasteiger partial charge in [-0.15, -0.1) is 6.58 Å². The van der Waals surface area contributed by atoms with Crippen molar-refractivity contribution < 1.29 is 4.74 Å². The van der Waals surface area contributed by atoms with Crippen molar-refractivity contribution in [1.82, 2.24) is 5.32 Å². The minimum Gasteiger partial charge on any atom is -0.494 e. The van der Waals surface area contributed by atoms with Crippen LogP contribution in [0.5, 0.6) is 5.75 Å². The van der Waals surface area contributed by atoms with Crippen LogP contribution in [0.25, 0.3) is 0 Å². The average Bonchev–Trinajstić information content (AvgIpc) is 2.42. The summed E-state index contributed by atoms with van der Waals surface area (Å²) in [6.45, 7) is 9.80. The van der Waals surface area contributed by atoms with Crippen molar-refractivity contribution in [3.63, 3.8) is 0 Å². The number of nitrogens with one attached hydrogen (secondary N) is 1. The molecule has 0 aliphatic rings. The number of rotatable bonds is 9. The van der Waals surface area contributed by atoms with Crippen LogP contribution in [0.15, 0.2) is 36.9 Å². The Hall–Kier alpha value is -1.28. The van der Waals surface area contributed by atoms with Crippen LogP contribution in [-0.2, 0) is 0 Å². The van der Waals surface area contributed by atoms with Crippen molar-refractivity contribution >= 4 is 0 Å². The summed E-state index contributed by atoms with van der Waals surface area (Å²) in [5, 5.41) is 3.48. The molecule has 18 heavy (non-hydrogen) atoms. The van der Waals surface area contributed by atoms with Crippen molar-refractivity contribution in [2.45, 2.75) is 39.2 Å². The lowest BCUT2D eigenvalue weighted by molar-refractivity contribution is 0.312. The first-order valence-corrected chi connectivity index (χ1v) is 6.88. The predicted octanol–water partition coefficient (Wildman–Crippen LogP) is 4.09. The average molecular weight is 247 g/mol. The number of benzene rings is 1. The van der Waals surface area contributed by atoms with Crippen LogP contribution in [-0.4, -0.2) is 13.2 Å². The minimum absolute atomic E-state index is 0.449. The molecule has 1 N–H and O–H groups in total. The summed E-state index contributed by atoms with van der Waals surface area (Å²) in [7, 11) is 0. The van der Waals surface area contributed by atoms with E-state index in [1.165, 1.54) is 5.56 Å². The summed E-state index contributed by atoms with van der Waals surface area (Å²) < 4.78 is 5.67. The first kappa shape index (κ1) is 14.8. The Morgan fingerprint density at radius 2 is 2.00 bits per heavy atom. The highest BCUT2D eigenvalue weighted by Crippen LogP contribution is 2.20. The highest BCUT2D eigenvalue weighted by Gasteiger charge is 2.07. The van der Waals surface area contributed by atoms with Crippen LogP contribution in [0.4, 0.5) is 0 Å². The smallest absolute Gasteiger partial charge is 0.119 e. The van der Waals surface area contributed by atoms with Gasteiger partial charge in [0.05, 0.1) is 6.61 Å². The maximum atomic E-state index is 5.67. The largest absolute Gasteiger partial charge is 0.494 e. The quantitative estimate of drug-likeness (QED) is 0.524. The molecule has 1 aromatic carbocycles. The van der Waals surface area contributed by atoms with Gasteiger partial charge < -0.3 is 10.1 Å². The molecular formula is C16H25NO. The Morgan fingerprint density at radius 1 is 1.28 bits per heavy atom. The van der Waals surface area contributed by atoms with E-state index in [1.54, 1.807) is 0 Å². The number of allylic oxidation sites excluding steroid dienone is 1. The van der Waals surface area contributed by atoms with Gasteiger partial charge in [0.1, 0.15) is 5.75 Å². The fourth-order valence-electron chi connectivity index (χ4n) is 1.96. The van der Waals surface area contributed by atoms with E-state index in [1.807, 2.05) is 6.08 Å². The van der Waals surface area contributed by atoms with Gasteiger partial charge in [0.25, 0.3) is 0 Å². The summed E-state index contributed by atoms with van der Waals surface area (Å²) in [6.07, 6.45) is 5.07. The van der Waals surface area contributed by atoms with Crippen LogP contribution in [0, 0.1) is 0 Å².